The number of likely N-dealkylation sites (tertiary alicyclic amines) is 1. The number of piperidine rings is 1. The number of fused-ring (bicyclic) bond motifs is 2. The van der Waals surface area contributed by atoms with Crippen LogP contribution < -0.4 is 5.32 Å². The number of benzene rings is 1. The maximum Gasteiger partial charge on any atom is 0.268 e. The Kier molecular flexibility index (Phi) is 5.15. The number of carbonyl (C=O) groups is 2. The summed E-state index contributed by atoms with van der Waals surface area (Å²) < 4.78 is 2.90. The number of thiophene rings is 1. The van der Waals surface area contributed by atoms with E-state index in [2.05, 4.69) is 27.4 Å². The molecule has 5 heterocycles. The van der Waals surface area contributed by atoms with Crippen LogP contribution in [-0.4, -0.2) is 50.2 Å². The van der Waals surface area contributed by atoms with Crippen molar-refractivity contribution < 1.29 is 9.59 Å². The van der Waals surface area contributed by atoms with Crippen molar-refractivity contribution in [2.75, 3.05) is 13.1 Å². The molecule has 1 aromatic carbocycles. The van der Waals surface area contributed by atoms with Crippen molar-refractivity contribution in [1.29, 1.82) is 0 Å². The molecule has 2 N–H and O–H groups in total. The molecule has 1 fully saturated rings. The molecule has 34 heavy (non-hydrogen) atoms. The molecule has 0 saturated carbocycles. The van der Waals surface area contributed by atoms with Crippen LogP contribution in [0.4, 0.5) is 0 Å². The monoisotopic (exact) mass is 469 g/mol. The standard InChI is InChI=1S/C26H23N5O2S/c32-25(21-13-24-20(28-21)9-12-34-24)29-22-15-30(11-8-18(22)17-5-2-1-3-6-17)26(33)19-7-4-10-31-16-27-14-23(19)31/h1-7,9-10,12-14,16,18,22,28H,8,11,15H2,(H,29,32)/t18-,22+/m0/s1. The summed E-state index contributed by atoms with van der Waals surface area (Å²) in [5, 5.41) is 5.23. The van der Waals surface area contributed by atoms with Gasteiger partial charge in [-0.3, -0.25) is 9.59 Å². The minimum absolute atomic E-state index is 0.0442. The molecule has 0 unspecified atom stereocenters. The summed E-state index contributed by atoms with van der Waals surface area (Å²) in [6.45, 7) is 1.06. The zero-order valence-corrected chi connectivity index (χ0v) is 19.2. The first kappa shape index (κ1) is 20.7. The van der Waals surface area contributed by atoms with E-state index in [1.807, 2.05) is 63.3 Å². The normalized spacial score (nSPS) is 18.4. The van der Waals surface area contributed by atoms with Gasteiger partial charge in [0.25, 0.3) is 11.8 Å². The highest BCUT2D eigenvalue weighted by molar-refractivity contribution is 7.17. The van der Waals surface area contributed by atoms with Gasteiger partial charge in [-0.2, -0.15) is 0 Å². The van der Waals surface area contributed by atoms with Crippen LogP contribution in [0, 0.1) is 0 Å². The predicted molar refractivity (Wildman–Crippen MR) is 132 cm³/mol. The van der Waals surface area contributed by atoms with Gasteiger partial charge in [0.2, 0.25) is 0 Å². The highest BCUT2D eigenvalue weighted by Gasteiger charge is 2.34. The fraction of sp³-hybridized carbons (Fsp3) is 0.192. The SMILES string of the molecule is O=C(N[C@@H]1CN(C(=O)c2cccn3cncc23)CC[C@H]1c1ccccc1)c1cc2sccc2[nH]1. The maximum atomic E-state index is 13.5. The van der Waals surface area contributed by atoms with Crippen LogP contribution in [0.25, 0.3) is 15.7 Å². The first-order chi connectivity index (χ1) is 16.7. The van der Waals surface area contributed by atoms with E-state index < -0.39 is 0 Å². The van der Waals surface area contributed by atoms with E-state index in [9.17, 15) is 9.59 Å². The lowest BCUT2D eigenvalue weighted by atomic mass is 9.85. The first-order valence-corrected chi connectivity index (χ1v) is 12.2. The first-order valence-electron chi connectivity index (χ1n) is 11.3. The highest BCUT2D eigenvalue weighted by Crippen LogP contribution is 2.30. The van der Waals surface area contributed by atoms with Gasteiger partial charge < -0.3 is 19.6 Å². The Hall–Kier alpha value is -3.91. The second kappa shape index (κ2) is 8.46. The van der Waals surface area contributed by atoms with Crippen LogP contribution in [0.2, 0.25) is 0 Å². The third-order valence-electron chi connectivity index (χ3n) is 6.61. The number of aromatic amines is 1. The molecule has 0 bridgehead atoms. The van der Waals surface area contributed by atoms with Gasteiger partial charge in [0, 0.05) is 25.2 Å². The van der Waals surface area contributed by atoms with Gasteiger partial charge >= 0.3 is 0 Å². The van der Waals surface area contributed by atoms with Crippen molar-refractivity contribution in [2.24, 2.45) is 0 Å². The van der Waals surface area contributed by atoms with Crippen LogP contribution in [0.1, 0.15) is 38.7 Å². The Bertz CT molecular complexity index is 1460. The summed E-state index contributed by atoms with van der Waals surface area (Å²) in [4.78, 5) is 35.9. The molecule has 6 rings (SSSR count). The second-order valence-electron chi connectivity index (χ2n) is 8.63. The van der Waals surface area contributed by atoms with Gasteiger partial charge in [-0.05, 0) is 41.6 Å². The number of rotatable bonds is 4. The average molecular weight is 470 g/mol. The van der Waals surface area contributed by atoms with Crippen molar-refractivity contribution in [3.63, 3.8) is 0 Å². The predicted octanol–water partition coefficient (Wildman–Crippen LogP) is 4.31. The number of amides is 2. The van der Waals surface area contributed by atoms with Gasteiger partial charge in [-0.25, -0.2) is 4.98 Å². The minimum atomic E-state index is -0.210. The Morgan fingerprint density at radius 1 is 1.12 bits per heavy atom. The summed E-state index contributed by atoms with van der Waals surface area (Å²) in [5.41, 5.74) is 4.08. The Labute approximate surface area is 200 Å². The zero-order valence-electron chi connectivity index (χ0n) is 18.3. The maximum absolute atomic E-state index is 13.5. The molecule has 170 valence electrons. The van der Waals surface area contributed by atoms with Gasteiger partial charge in [0.15, 0.2) is 0 Å². The molecule has 0 radical (unpaired) electrons. The number of aromatic nitrogens is 3. The number of hydrogen-bond donors (Lipinski definition) is 2. The lowest BCUT2D eigenvalue weighted by Crippen LogP contribution is -2.53. The van der Waals surface area contributed by atoms with E-state index in [1.54, 1.807) is 23.9 Å². The Balaban J connectivity index is 1.28. The van der Waals surface area contributed by atoms with Crippen molar-refractivity contribution in [3.8, 4) is 0 Å². The minimum Gasteiger partial charge on any atom is -0.350 e. The van der Waals surface area contributed by atoms with Crippen LogP contribution in [0.5, 0.6) is 0 Å². The lowest BCUT2D eigenvalue weighted by molar-refractivity contribution is 0.0656. The summed E-state index contributed by atoms with van der Waals surface area (Å²) in [7, 11) is 0. The molecule has 5 aromatic rings. The second-order valence-corrected chi connectivity index (χ2v) is 9.57. The van der Waals surface area contributed by atoms with E-state index in [0.29, 0.717) is 24.3 Å². The Morgan fingerprint density at radius 3 is 2.85 bits per heavy atom. The summed E-state index contributed by atoms with van der Waals surface area (Å²) in [6.07, 6.45) is 6.05. The van der Waals surface area contributed by atoms with E-state index in [1.165, 1.54) is 5.56 Å². The number of carbonyl (C=O) groups excluding carboxylic acids is 2. The number of nitrogens with zero attached hydrogens (tertiary/aromatic N) is 3. The topological polar surface area (TPSA) is 82.5 Å². The van der Waals surface area contributed by atoms with E-state index in [0.717, 1.165) is 22.2 Å². The molecule has 2 atom stereocenters. The molecule has 2 amide bonds. The molecule has 1 aliphatic rings. The zero-order chi connectivity index (χ0) is 23.1. The fourth-order valence-electron chi connectivity index (χ4n) is 4.90. The number of nitrogens with one attached hydrogen (secondary N) is 2. The Morgan fingerprint density at radius 2 is 2.00 bits per heavy atom. The number of imidazole rings is 1. The molecule has 0 aliphatic carbocycles. The quantitative estimate of drug-likeness (QED) is 0.412. The number of hydrogen-bond acceptors (Lipinski definition) is 4. The van der Waals surface area contributed by atoms with Crippen molar-refractivity contribution in [2.45, 2.75) is 18.4 Å². The third-order valence-corrected chi connectivity index (χ3v) is 7.47. The molecule has 4 aromatic heterocycles. The summed E-state index contributed by atoms with van der Waals surface area (Å²) in [5.74, 6) is -0.0743. The lowest BCUT2D eigenvalue weighted by Gasteiger charge is -2.39. The van der Waals surface area contributed by atoms with Gasteiger partial charge in [-0.1, -0.05) is 30.3 Å². The summed E-state index contributed by atoms with van der Waals surface area (Å²) >= 11 is 1.60. The molecule has 1 saturated heterocycles. The summed E-state index contributed by atoms with van der Waals surface area (Å²) in [6, 6.07) is 17.6. The van der Waals surface area contributed by atoms with Crippen LogP contribution in [0.3, 0.4) is 0 Å². The molecule has 0 spiro atoms. The molecule has 7 nitrogen and oxygen atoms in total. The molecular weight excluding hydrogens is 446 g/mol. The van der Waals surface area contributed by atoms with E-state index in [4.69, 9.17) is 0 Å². The number of H-pyrrole nitrogens is 1. The van der Waals surface area contributed by atoms with Crippen LogP contribution >= 0.6 is 11.3 Å². The van der Waals surface area contributed by atoms with E-state index in [-0.39, 0.29) is 23.8 Å². The van der Waals surface area contributed by atoms with Crippen LogP contribution in [-0.2, 0) is 0 Å². The van der Waals surface area contributed by atoms with Crippen molar-refractivity contribution >= 4 is 38.9 Å². The van der Waals surface area contributed by atoms with Gasteiger partial charge in [-0.15, -0.1) is 11.3 Å². The van der Waals surface area contributed by atoms with Crippen LogP contribution in [0.15, 0.2) is 78.7 Å². The average Bonchev–Trinajstić information content (AvgIpc) is 3.60. The molecular formula is C26H23N5O2S. The van der Waals surface area contributed by atoms with Gasteiger partial charge in [0.05, 0.1) is 39.9 Å². The molecule has 1 aliphatic heterocycles. The van der Waals surface area contributed by atoms with E-state index >= 15 is 0 Å². The molecule has 8 heteroatoms. The number of pyridine rings is 1. The largest absolute Gasteiger partial charge is 0.350 e. The third kappa shape index (κ3) is 3.66. The fourth-order valence-corrected chi connectivity index (χ4v) is 5.68. The van der Waals surface area contributed by atoms with Crippen molar-refractivity contribution in [1.82, 2.24) is 24.6 Å². The van der Waals surface area contributed by atoms with Gasteiger partial charge in [0.1, 0.15) is 5.69 Å². The van der Waals surface area contributed by atoms with Crippen molar-refractivity contribution in [3.05, 3.63) is 95.5 Å². The highest BCUT2D eigenvalue weighted by atomic mass is 32.1. The smallest absolute Gasteiger partial charge is 0.268 e.